The summed E-state index contributed by atoms with van der Waals surface area (Å²) in [4.78, 5) is 24.4. The number of nitrogens with zero attached hydrogens (tertiary/aromatic N) is 4. The standard InChI is InChI=1S/C15H22N6O4/c1-7(2)11(16)15(23)25-8-3-10(24-9(8)4-22)21-6-20-12-13(17)18-5-19-14(12)21/h5-11,22H,3-4,16H2,1-2H3,(H2,17,18,19)/t8?,9-,10-,11+/m1/s1. The molecular weight excluding hydrogens is 328 g/mol. The van der Waals surface area contributed by atoms with Crippen LogP contribution in [0.3, 0.4) is 0 Å². The number of carbonyl (C=O) groups excluding carboxylic acids is 1. The SMILES string of the molecule is CC(C)[C@H](N)C(=O)OC1C[C@H](n2cnc3c(N)ncnc32)O[C@@H]1CO. The molecule has 0 aliphatic carbocycles. The Morgan fingerprint density at radius 2 is 2.24 bits per heavy atom. The van der Waals surface area contributed by atoms with Crippen molar-refractivity contribution in [1.29, 1.82) is 0 Å². The Kier molecular flexibility index (Phi) is 4.84. The van der Waals surface area contributed by atoms with E-state index in [0.717, 1.165) is 0 Å². The first-order valence-electron chi connectivity index (χ1n) is 8.07. The van der Waals surface area contributed by atoms with Gasteiger partial charge in [-0.25, -0.2) is 15.0 Å². The second kappa shape index (κ2) is 6.90. The van der Waals surface area contributed by atoms with Gasteiger partial charge < -0.3 is 26.0 Å². The van der Waals surface area contributed by atoms with Gasteiger partial charge in [0.25, 0.3) is 0 Å². The summed E-state index contributed by atoms with van der Waals surface area (Å²) >= 11 is 0. The molecule has 136 valence electrons. The second-order valence-electron chi connectivity index (χ2n) is 6.38. The minimum absolute atomic E-state index is 0.0459. The summed E-state index contributed by atoms with van der Waals surface area (Å²) in [7, 11) is 0. The van der Waals surface area contributed by atoms with E-state index in [1.807, 2.05) is 13.8 Å². The lowest BCUT2D eigenvalue weighted by Crippen LogP contribution is -2.41. The molecule has 0 saturated carbocycles. The van der Waals surface area contributed by atoms with E-state index in [9.17, 15) is 9.90 Å². The molecule has 0 bridgehead atoms. The van der Waals surface area contributed by atoms with E-state index in [1.165, 1.54) is 6.33 Å². The van der Waals surface area contributed by atoms with Crippen molar-refractivity contribution in [1.82, 2.24) is 19.5 Å². The number of imidazole rings is 1. The van der Waals surface area contributed by atoms with Crippen molar-refractivity contribution in [2.75, 3.05) is 12.3 Å². The van der Waals surface area contributed by atoms with Crippen LogP contribution in [0.25, 0.3) is 11.2 Å². The zero-order chi connectivity index (χ0) is 18.1. The number of hydrogen-bond acceptors (Lipinski definition) is 9. The molecule has 5 N–H and O–H groups in total. The van der Waals surface area contributed by atoms with Crippen molar-refractivity contribution in [3.8, 4) is 0 Å². The number of hydrogen-bond donors (Lipinski definition) is 3. The fourth-order valence-electron chi connectivity index (χ4n) is 2.74. The largest absolute Gasteiger partial charge is 0.458 e. The number of carbonyl (C=O) groups is 1. The Morgan fingerprint density at radius 3 is 2.92 bits per heavy atom. The van der Waals surface area contributed by atoms with Crippen LogP contribution in [0.2, 0.25) is 0 Å². The average molecular weight is 350 g/mol. The van der Waals surface area contributed by atoms with Gasteiger partial charge in [-0.15, -0.1) is 0 Å². The van der Waals surface area contributed by atoms with E-state index in [-0.39, 0.29) is 18.3 Å². The number of esters is 1. The number of nitrogen functional groups attached to an aromatic ring is 1. The quantitative estimate of drug-likeness (QED) is 0.611. The normalized spacial score (nSPS) is 24.8. The van der Waals surface area contributed by atoms with Crippen molar-refractivity contribution < 1.29 is 19.4 Å². The van der Waals surface area contributed by atoms with Gasteiger partial charge in [0, 0.05) is 6.42 Å². The second-order valence-corrected chi connectivity index (χ2v) is 6.38. The fourth-order valence-corrected chi connectivity index (χ4v) is 2.74. The zero-order valence-corrected chi connectivity index (χ0v) is 14.1. The molecule has 4 atom stereocenters. The van der Waals surface area contributed by atoms with E-state index < -0.39 is 30.4 Å². The topological polar surface area (TPSA) is 151 Å². The van der Waals surface area contributed by atoms with Crippen LogP contribution in [0.4, 0.5) is 5.82 Å². The van der Waals surface area contributed by atoms with Crippen molar-refractivity contribution in [2.45, 2.75) is 44.7 Å². The highest BCUT2D eigenvalue weighted by molar-refractivity contribution is 5.81. The first-order chi connectivity index (χ1) is 11.9. The molecule has 3 heterocycles. The van der Waals surface area contributed by atoms with Crippen molar-refractivity contribution in [3.05, 3.63) is 12.7 Å². The van der Waals surface area contributed by atoms with E-state index in [0.29, 0.717) is 17.6 Å². The Hall–Kier alpha value is -2.30. The molecule has 3 rings (SSSR count). The van der Waals surface area contributed by atoms with Gasteiger partial charge in [-0.1, -0.05) is 13.8 Å². The van der Waals surface area contributed by atoms with Crippen molar-refractivity contribution >= 4 is 23.0 Å². The number of aliphatic hydroxyl groups excluding tert-OH is 1. The molecule has 0 spiro atoms. The molecule has 1 aliphatic rings. The molecule has 1 unspecified atom stereocenters. The molecule has 0 aromatic carbocycles. The Morgan fingerprint density at radius 1 is 1.48 bits per heavy atom. The number of fused-ring (bicyclic) bond motifs is 1. The van der Waals surface area contributed by atoms with Crippen LogP contribution in [-0.2, 0) is 14.3 Å². The summed E-state index contributed by atoms with van der Waals surface area (Å²) in [6.07, 6.45) is 1.47. The van der Waals surface area contributed by atoms with Gasteiger partial charge in [0.1, 0.15) is 36.3 Å². The predicted molar refractivity (Wildman–Crippen MR) is 88.0 cm³/mol. The van der Waals surface area contributed by atoms with Crippen LogP contribution >= 0.6 is 0 Å². The highest BCUT2D eigenvalue weighted by Crippen LogP contribution is 2.33. The zero-order valence-electron chi connectivity index (χ0n) is 14.1. The predicted octanol–water partition coefficient (Wildman–Crippen LogP) is -0.417. The van der Waals surface area contributed by atoms with E-state index in [2.05, 4.69) is 15.0 Å². The third-order valence-corrected chi connectivity index (χ3v) is 4.32. The van der Waals surface area contributed by atoms with Crippen LogP contribution in [0.1, 0.15) is 26.5 Å². The van der Waals surface area contributed by atoms with Gasteiger partial charge in [0.15, 0.2) is 11.5 Å². The molecule has 0 radical (unpaired) electrons. The Balaban J connectivity index is 1.79. The Bertz CT molecular complexity index is 764. The average Bonchev–Trinajstić information content (AvgIpc) is 3.18. The van der Waals surface area contributed by atoms with Gasteiger partial charge in [-0.05, 0) is 5.92 Å². The summed E-state index contributed by atoms with van der Waals surface area (Å²) in [5, 5.41) is 9.55. The number of aromatic nitrogens is 4. The lowest BCUT2D eigenvalue weighted by Gasteiger charge is -2.20. The maximum Gasteiger partial charge on any atom is 0.323 e. The number of anilines is 1. The number of nitrogens with two attached hydrogens (primary N) is 2. The molecule has 0 amide bonds. The first kappa shape index (κ1) is 17.5. The molecule has 2 aromatic heterocycles. The maximum atomic E-state index is 12.1. The summed E-state index contributed by atoms with van der Waals surface area (Å²) in [6, 6.07) is -0.722. The summed E-state index contributed by atoms with van der Waals surface area (Å²) in [6.45, 7) is 3.39. The number of ether oxygens (including phenoxy) is 2. The molecule has 1 aliphatic heterocycles. The van der Waals surface area contributed by atoms with Crippen LogP contribution in [0, 0.1) is 5.92 Å². The third kappa shape index (κ3) is 3.28. The highest BCUT2D eigenvalue weighted by Gasteiger charge is 2.40. The summed E-state index contributed by atoms with van der Waals surface area (Å²) in [5.74, 6) is -0.286. The molecule has 10 nitrogen and oxygen atoms in total. The smallest absolute Gasteiger partial charge is 0.323 e. The van der Waals surface area contributed by atoms with Crippen LogP contribution < -0.4 is 11.5 Å². The maximum absolute atomic E-state index is 12.1. The van der Waals surface area contributed by atoms with Crippen LogP contribution in [-0.4, -0.2) is 55.5 Å². The van der Waals surface area contributed by atoms with E-state index in [4.69, 9.17) is 20.9 Å². The third-order valence-electron chi connectivity index (χ3n) is 4.32. The molecule has 10 heteroatoms. The van der Waals surface area contributed by atoms with E-state index >= 15 is 0 Å². The molecule has 1 fully saturated rings. The van der Waals surface area contributed by atoms with Crippen molar-refractivity contribution in [3.63, 3.8) is 0 Å². The van der Waals surface area contributed by atoms with Crippen LogP contribution in [0.15, 0.2) is 12.7 Å². The van der Waals surface area contributed by atoms with Gasteiger partial charge in [0.2, 0.25) is 0 Å². The van der Waals surface area contributed by atoms with Crippen molar-refractivity contribution in [2.24, 2.45) is 11.7 Å². The molecule has 1 saturated heterocycles. The van der Waals surface area contributed by atoms with Gasteiger partial charge in [0.05, 0.1) is 12.9 Å². The van der Waals surface area contributed by atoms with Gasteiger partial charge in [-0.2, -0.15) is 0 Å². The summed E-state index contributed by atoms with van der Waals surface area (Å²) in [5.41, 5.74) is 12.6. The van der Waals surface area contributed by atoms with Gasteiger partial charge >= 0.3 is 5.97 Å². The lowest BCUT2D eigenvalue weighted by molar-refractivity contribution is -0.155. The minimum Gasteiger partial charge on any atom is -0.458 e. The molecule has 2 aromatic rings. The Labute approximate surface area is 144 Å². The molecular formula is C15H22N6O4. The number of aliphatic hydroxyl groups is 1. The summed E-state index contributed by atoms with van der Waals surface area (Å²) < 4.78 is 13.0. The monoisotopic (exact) mass is 350 g/mol. The van der Waals surface area contributed by atoms with Gasteiger partial charge in [-0.3, -0.25) is 9.36 Å². The lowest BCUT2D eigenvalue weighted by atomic mass is 10.1. The molecule has 25 heavy (non-hydrogen) atoms. The first-order valence-corrected chi connectivity index (χ1v) is 8.07. The minimum atomic E-state index is -0.722. The highest BCUT2D eigenvalue weighted by atomic mass is 16.6. The fraction of sp³-hybridized carbons (Fsp3) is 0.600. The number of rotatable bonds is 5. The van der Waals surface area contributed by atoms with E-state index in [1.54, 1.807) is 10.9 Å². The van der Waals surface area contributed by atoms with Crippen LogP contribution in [0.5, 0.6) is 0 Å².